The first-order valence-electron chi connectivity index (χ1n) is 7.04. The van der Waals surface area contributed by atoms with Crippen molar-refractivity contribution >= 4 is 17.3 Å². The van der Waals surface area contributed by atoms with Crippen LogP contribution in [0.2, 0.25) is 5.02 Å². The van der Waals surface area contributed by atoms with Crippen LogP contribution in [0.5, 0.6) is 0 Å². The van der Waals surface area contributed by atoms with E-state index >= 15 is 0 Å². The van der Waals surface area contributed by atoms with Gasteiger partial charge in [0.15, 0.2) is 0 Å². The molecule has 1 aliphatic heterocycles. The van der Waals surface area contributed by atoms with Gasteiger partial charge in [-0.3, -0.25) is 0 Å². The summed E-state index contributed by atoms with van der Waals surface area (Å²) in [5, 5.41) is 3.96. The van der Waals surface area contributed by atoms with Crippen LogP contribution in [-0.2, 0) is 11.3 Å². The van der Waals surface area contributed by atoms with Crippen molar-refractivity contribution in [2.45, 2.75) is 32.4 Å². The summed E-state index contributed by atoms with van der Waals surface area (Å²) in [7, 11) is 1.93. The minimum absolute atomic E-state index is 0.371. The van der Waals surface area contributed by atoms with Crippen molar-refractivity contribution < 1.29 is 4.74 Å². The smallest absolute Gasteiger partial charge is 0.0750 e. The lowest BCUT2D eigenvalue weighted by Gasteiger charge is -2.26. The molecule has 0 saturated carbocycles. The van der Waals surface area contributed by atoms with E-state index in [-0.39, 0.29) is 0 Å². The molecule has 1 aromatic carbocycles. The Morgan fingerprint density at radius 3 is 2.89 bits per heavy atom. The molecule has 1 unspecified atom stereocenters. The maximum Gasteiger partial charge on any atom is 0.0750 e. The van der Waals surface area contributed by atoms with Gasteiger partial charge in [-0.15, -0.1) is 0 Å². The number of ether oxygens (including phenoxy) is 1. The highest BCUT2D eigenvalue weighted by Crippen LogP contribution is 2.25. The molecule has 19 heavy (non-hydrogen) atoms. The summed E-state index contributed by atoms with van der Waals surface area (Å²) in [6.07, 6.45) is 2.72. The second kappa shape index (κ2) is 7.13. The zero-order valence-corrected chi connectivity index (χ0v) is 12.5. The number of likely N-dealkylation sites (N-methyl/N-ethyl adjacent to an activating group) is 1. The lowest BCUT2D eigenvalue weighted by molar-refractivity contribution is 0.115. The highest BCUT2D eigenvalue weighted by molar-refractivity contribution is 6.31. The first kappa shape index (κ1) is 14.6. The molecule has 0 amide bonds. The van der Waals surface area contributed by atoms with E-state index < -0.39 is 0 Å². The van der Waals surface area contributed by atoms with E-state index in [1.54, 1.807) is 0 Å². The van der Waals surface area contributed by atoms with Gasteiger partial charge in [-0.25, -0.2) is 0 Å². The van der Waals surface area contributed by atoms with Gasteiger partial charge >= 0.3 is 0 Å². The van der Waals surface area contributed by atoms with Crippen LogP contribution in [0.3, 0.4) is 0 Å². The van der Waals surface area contributed by atoms with Gasteiger partial charge in [0.1, 0.15) is 0 Å². The lowest BCUT2D eigenvalue weighted by Crippen LogP contribution is -2.32. The predicted molar refractivity (Wildman–Crippen MR) is 81.1 cm³/mol. The highest BCUT2D eigenvalue weighted by atomic mass is 35.5. The molecule has 0 aromatic heterocycles. The third-order valence-electron chi connectivity index (χ3n) is 3.60. The van der Waals surface area contributed by atoms with E-state index in [0.29, 0.717) is 6.10 Å². The first-order chi connectivity index (χ1) is 9.24. The number of nitrogens with zero attached hydrogens (tertiary/aromatic N) is 1. The van der Waals surface area contributed by atoms with Crippen LogP contribution >= 0.6 is 11.6 Å². The van der Waals surface area contributed by atoms with Crippen molar-refractivity contribution in [2.75, 3.05) is 31.6 Å². The Hall–Kier alpha value is -0.770. The Morgan fingerprint density at radius 2 is 2.32 bits per heavy atom. The molecule has 1 aromatic rings. The monoisotopic (exact) mass is 282 g/mol. The summed E-state index contributed by atoms with van der Waals surface area (Å²) in [5.74, 6) is 0. The van der Waals surface area contributed by atoms with E-state index in [1.807, 2.05) is 7.05 Å². The zero-order valence-electron chi connectivity index (χ0n) is 11.8. The molecule has 0 radical (unpaired) electrons. The Balaban J connectivity index is 2.06. The van der Waals surface area contributed by atoms with Gasteiger partial charge in [-0.05, 0) is 44.5 Å². The van der Waals surface area contributed by atoms with Crippen LogP contribution in [0.4, 0.5) is 5.69 Å². The average Bonchev–Trinajstić information content (AvgIpc) is 2.91. The standard InChI is InChI=1S/C15H23ClN2O/c1-3-18(11-14-5-4-8-19-14)13-7-6-12(10-17-2)15(16)9-13/h6-7,9,14,17H,3-5,8,10-11H2,1-2H3. The summed E-state index contributed by atoms with van der Waals surface area (Å²) in [5.41, 5.74) is 2.32. The van der Waals surface area contributed by atoms with Crippen LogP contribution in [0.25, 0.3) is 0 Å². The van der Waals surface area contributed by atoms with Crippen molar-refractivity contribution in [2.24, 2.45) is 0 Å². The van der Waals surface area contributed by atoms with Crippen LogP contribution in [0.15, 0.2) is 18.2 Å². The number of anilines is 1. The van der Waals surface area contributed by atoms with Crippen LogP contribution in [-0.4, -0.2) is 32.8 Å². The number of benzene rings is 1. The van der Waals surface area contributed by atoms with Gasteiger partial charge in [-0.1, -0.05) is 17.7 Å². The van der Waals surface area contributed by atoms with E-state index in [0.717, 1.165) is 36.8 Å². The fourth-order valence-corrected chi connectivity index (χ4v) is 2.76. The number of hydrogen-bond donors (Lipinski definition) is 1. The maximum absolute atomic E-state index is 6.33. The van der Waals surface area contributed by atoms with E-state index in [4.69, 9.17) is 16.3 Å². The molecule has 2 rings (SSSR count). The van der Waals surface area contributed by atoms with Crippen molar-refractivity contribution in [1.29, 1.82) is 0 Å². The SMILES string of the molecule is CCN(CC1CCCO1)c1ccc(CNC)c(Cl)c1. The molecule has 1 fully saturated rings. The molecule has 1 aliphatic rings. The largest absolute Gasteiger partial charge is 0.376 e. The fraction of sp³-hybridized carbons (Fsp3) is 0.600. The molecule has 0 aliphatic carbocycles. The van der Waals surface area contributed by atoms with Gasteiger partial charge in [0.05, 0.1) is 6.10 Å². The van der Waals surface area contributed by atoms with E-state index in [2.05, 4.69) is 35.3 Å². The maximum atomic E-state index is 6.33. The average molecular weight is 283 g/mol. The lowest BCUT2D eigenvalue weighted by atomic mass is 10.1. The molecule has 0 spiro atoms. The molecule has 1 atom stereocenters. The predicted octanol–water partition coefficient (Wildman–Crippen LogP) is 3.06. The van der Waals surface area contributed by atoms with Gasteiger partial charge < -0.3 is 15.0 Å². The van der Waals surface area contributed by atoms with E-state index in [1.165, 1.54) is 18.5 Å². The molecule has 106 valence electrons. The minimum Gasteiger partial charge on any atom is -0.376 e. The number of nitrogens with one attached hydrogen (secondary N) is 1. The molecule has 0 bridgehead atoms. The second-order valence-electron chi connectivity index (χ2n) is 4.98. The van der Waals surface area contributed by atoms with Crippen LogP contribution in [0, 0.1) is 0 Å². The Kier molecular flexibility index (Phi) is 5.49. The topological polar surface area (TPSA) is 24.5 Å². The molecule has 1 heterocycles. The van der Waals surface area contributed by atoms with Gasteiger partial charge in [-0.2, -0.15) is 0 Å². The summed E-state index contributed by atoms with van der Waals surface area (Å²) in [4.78, 5) is 2.34. The van der Waals surface area contributed by atoms with Gasteiger partial charge in [0, 0.05) is 37.0 Å². The Bertz CT molecular complexity index is 405. The van der Waals surface area contributed by atoms with Crippen molar-refractivity contribution in [3.63, 3.8) is 0 Å². The second-order valence-corrected chi connectivity index (χ2v) is 5.39. The van der Waals surface area contributed by atoms with Crippen molar-refractivity contribution in [3.8, 4) is 0 Å². The van der Waals surface area contributed by atoms with E-state index in [9.17, 15) is 0 Å². The first-order valence-corrected chi connectivity index (χ1v) is 7.42. The summed E-state index contributed by atoms with van der Waals surface area (Å²) < 4.78 is 5.71. The summed E-state index contributed by atoms with van der Waals surface area (Å²) >= 11 is 6.33. The molecular formula is C15H23ClN2O. The van der Waals surface area contributed by atoms with Crippen LogP contribution < -0.4 is 10.2 Å². The Morgan fingerprint density at radius 1 is 1.47 bits per heavy atom. The van der Waals surface area contributed by atoms with Crippen LogP contribution in [0.1, 0.15) is 25.3 Å². The van der Waals surface area contributed by atoms with Gasteiger partial charge in [0.25, 0.3) is 0 Å². The normalized spacial score (nSPS) is 18.8. The number of hydrogen-bond acceptors (Lipinski definition) is 3. The van der Waals surface area contributed by atoms with Crippen molar-refractivity contribution in [1.82, 2.24) is 5.32 Å². The molecule has 4 heteroatoms. The molecule has 3 nitrogen and oxygen atoms in total. The quantitative estimate of drug-likeness (QED) is 0.868. The molecule has 1 saturated heterocycles. The summed E-state index contributed by atoms with van der Waals surface area (Å²) in [6, 6.07) is 6.32. The highest BCUT2D eigenvalue weighted by Gasteiger charge is 2.19. The number of halogens is 1. The van der Waals surface area contributed by atoms with Gasteiger partial charge in [0.2, 0.25) is 0 Å². The Labute approximate surface area is 120 Å². The fourth-order valence-electron chi connectivity index (χ4n) is 2.52. The van der Waals surface area contributed by atoms with Crippen molar-refractivity contribution in [3.05, 3.63) is 28.8 Å². The number of rotatable bonds is 6. The zero-order chi connectivity index (χ0) is 13.7. The summed E-state index contributed by atoms with van der Waals surface area (Å²) in [6.45, 7) is 5.81. The third kappa shape index (κ3) is 3.85. The third-order valence-corrected chi connectivity index (χ3v) is 3.95. The minimum atomic E-state index is 0.371. The molecular weight excluding hydrogens is 260 g/mol. The molecule has 1 N–H and O–H groups in total.